The Labute approximate surface area is 114 Å². The lowest BCUT2D eigenvalue weighted by atomic mass is 9.97. The smallest absolute Gasteiger partial charge is 0.202 e. The first kappa shape index (κ1) is 12.5. The van der Waals surface area contributed by atoms with Crippen LogP contribution >= 0.6 is 0 Å². The molecule has 2 atom stereocenters. The number of aryl methyl sites for hydroxylation is 1. The highest BCUT2D eigenvalue weighted by Crippen LogP contribution is 2.35. The summed E-state index contributed by atoms with van der Waals surface area (Å²) in [5.41, 5.74) is 9.16. The second kappa shape index (κ2) is 4.83. The van der Waals surface area contributed by atoms with E-state index in [0.717, 1.165) is 16.7 Å². The van der Waals surface area contributed by atoms with Crippen LogP contribution in [0.2, 0.25) is 0 Å². The van der Waals surface area contributed by atoms with Crippen molar-refractivity contribution in [3.8, 4) is 0 Å². The van der Waals surface area contributed by atoms with Crippen molar-refractivity contribution < 1.29 is 0 Å². The molecule has 2 unspecified atom stereocenters. The molecule has 0 spiro atoms. The molecule has 2 aromatic rings. The summed E-state index contributed by atoms with van der Waals surface area (Å²) in [6, 6.07) is 2.51. The second-order valence-corrected chi connectivity index (χ2v) is 5.88. The Morgan fingerprint density at radius 3 is 2.89 bits per heavy atom. The minimum Gasteiger partial charge on any atom is -0.369 e. The minimum absolute atomic E-state index is 0.447. The topological polar surface area (TPSA) is 56.7 Å². The highest BCUT2D eigenvalue weighted by atomic mass is 15.2. The van der Waals surface area contributed by atoms with Gasteiger partial charge in [-0.25, -0.2) is 9.97 Å². The molecule has 1 aliphatic rings. The van der Waals surface area contributed by atoms with Gasteiger partial charge in [-0.05, 0) is 37.3 Å². The molecule has 0 saturated heterocycles. The number of aromatic nitrogens is 3. The van der Waals surface area contributed by atoms with Crippen LogP contribution in [0, 0.1) is 12.8 Å². The van der Waals surface area contributed by atoms with E-state index in [9.17, 15) is 0 Å². The Kier molecular flexibility index (Phi) is 3.17. The number of nitrogen functional groups attached to an aromatic ring is 1. The molecular formula is C15H22N4. The van der Waals surface area contributed by atoms with Gasteiger partial charge in [-0.15, -0.1) is 0 Å². The molecule has 2 aromatic heterocycles. The zero-order chi connectivity index (χ0) is 13.4. The first-order valence-corrected chi connectivity index (χ1v) is 7.27. The third-order valence-electron chi connectivity index (χ3n) is 4.34. The van der Waals surface area contributed by atoms with Crippen LogP contribution in [-0.4, -0.2) is 14.5 Å². The lowest BCUT2D eigenvalue weighted by molar-refractivity contribution is 0.343. The van der Waals surface area contributed by atoms with Crippen molar-refractivity contribution in [2.45, 2.75) is 52.0 Å². The third-order valence-corrected chi connectivity index (χ3v) is 4.34. The highest BCUT2D eigenvalue weighted by Gasteiger charge is 2.25. The number of nitrogens with zero attached hydrogens (tertiary/aromatic N) is 3. The third kappa shape index (κ3) is 2.20. The summed E-state index contributed by atoms with van der Waals surface area (Å²) in [4.78, 5) is 9.05. The van der Waals surface area contributed by atoms with Gasteiger partial charge in [0, 0.05) is 12.2 Å². The van der Waals surface area contributed by atoms with Crippen LogP contribution in [0.1, 0.15) is 50.6 Å². The van der Waals surface area contributed by atoms with Crippen LogP contribution in [-0.2, 0) is 0 Å². The Morgan fingerprint density at radius 1 is 1.26 bits per heavy atom. The Balaban J connectivity index is 2.10. The van der Waals surface area contributed by atoms with Crippen molar-refractivity contribution in [2.75, 3.05) is 5.73 Å². The molecule has 1 saturated carbocycles. The first-order chi connectivity index (χ1) is 9.16. The summed E-state index contributed by atoms with van der Waals surface area (Å²) in [5.74, 6) is 1.26. The van der Waals surface area contributed by atoms with E-state index in [1.807, 2.05) is 13.1 Å². The van der Waals surface area contributed by atoms with Crippen molar-refractivity contribution in [2.24, 2.45) is 5.92 Å². The van der Waals surface area contributed by atoms with Gasteiger partial charge in [-0.1, -0.05) is 26.2 Å². The molecule has 0 aromatic carbocycles. The molecule has 19 heavy (non-hydrogen) atoms. The summed E-state index contributed by atoms with van der Waals surface area (Å²) in [6.45, 7) is 4.37. The Hall–Kier alpha value is -1.58. The van der Waals surface area contributed by atoms with Gasteiger partial charge in [-0.3, -0.25) is 4.57 Å². The highest BCUT2D eigenvalue weighted by molar-refractivity contribution is 5.74. The number of anilines is 1. The van der Waals surface area contributed by atoms with Crippen molar-refractivity contribution >= 4 is 17.1 Å². The molecular weight excluding hydrogens is 236 g/mol. The lowest BCUT2D eigenvalue weighted by Gasteiger charge is -2.24. The molecule has 102 valence electrons. The minimum atomic E-state index is 0.447. The van der Waals surface area contributed by atoms with Gasteiger partial charge in [0.1, 0.15) is 5.52 Å². The van der Waals surface area contributed by atoms with Crippen LogP contribution in [0.25, 0.3) is 11.2 Å². The molecule has 0 aliphatic heterocycles. The van der Waals surface area contributed by atoms with E-state index in [0.29, 0.717) is 17.9 Å². The number of pyridine rings is 1. The van der Waals surface area contributed by atoms with E-state index in [2.05, 4.69) is 27.5 Å². The van der Waals surface area contributed by atoms with Crippen molar-refractivity contribution in [1.29, 1.82) is 0 Å². The predicted molar refractivity (Wildman–Crippen MR) is 78.0 cm³/mol. The van der Waals surface area contributed by atoms with Crippen LogP contribution in [0.5, 0.6) is 0 Å². The lowest BCUT2D eigenvalue weighted by Crippen LogP contribution is -2.18. The summed E-state index contributed by atoms with van der Waals surface area (Å²) in [6.07, 6.45) is 8.31. The molecule has 1 fully saturated rings. The van der Waals surface area contributed by atoms with E-state index >= 15 is 0 Å². The number of rotatable bonds is 1. The normalized spacial score (nSPS) is 24.5. The second-order valence-electron chi connectivity index (χ2n) is 5.88. The van der Waals surface area contributed by atoms with Crippen LogP contribution in [0.3, 0.4) is 0 Å². The van der Waals surface area contributed by atoms with E-state index in [4.69, 9.17) is 5.73 Å². The number of fused-ring (bicyclic) bond motifs is 1. The fraction of sp³-hybridized carbons (Fsp3) is 0.600. The van der Waals surface area contributed by atoms with Crippen molar-refractivity contribution in [3.63, 3.8) is 0 Å². The van der Waals surface area contributed by atoms with E-state index in [1.165, 1.54) is 32.1 Å². The average molecular weight is 258 g/mol. The molecule has 3 rings (SSSR count). The molecule has 4 heteroatoms. The maximum atomic E-state index is 6.16. The van der Waals surface area contributed by atoms with Gasteiger partial charge in [0.15, 0.2) is 5.65 Å². The average Bonchev–Trinajstić information content (AvgIpc) is 2.54. The van der Waals surface area contributed by atoms with Gasteiger partial charge in [0.25, 0.3) is 0 Å². The van der Waals surface area contributed by atoms with Gasteiger partial charge in [0.05, 0.1) is 0 Å². The van der Waals surface area contributed by atoms with Crippen molar-refractivity contribution in [3.05, 3.63) is 17.8 Å². The summed E-state index contributed by atoms with van der Waals surface area (Å²) < 4.78 is 2.17. The van der Waals surface area contributed by atoms with E-state index in [1.54, 1.807) is 0 Å². The summed E-state index contributed by atoms with van der Waals surface area (Å²) >= 11 is 0. The van der Waals surface area contributed by atoms with Gasteiger partial charge >= 0.3 is 0 Å². The molecule has 2 heterocycles. The molecule has 4 nitrogen and oxygen atoms in total. The molecule has 1 aliphatic carbocycles. The predicted octanol–water partition coefficient (Wildman–Crippen LogP) is 3.46. The molecule has 0 radical (unpaired) electrons. The molecule has 2 N–H and O–H groups in total. The Morgan fingerprint density at radius 2 is 2.05 bits per heavy atom. The van der Waals surface area contributed by atoms with E-state index in [-0.39, 0.29) is 0 Å². The first-order valence-electron chi connectivity index (χ1n) is 7.27. The standard InChI is InChI=1S/C15H22N4/c1-10-8-12-14(17-9-10)19(15(16)18-12)13-7-5-3-4-6-11(13)2/h8-9,11,13H,3-7H2,1-2H3,(H2,16,18). The van der Waals surface area contributed by atoms with E-state index < -0.39 is 0 Å². The number of hydrogen-bond acceptors (Lipinski definition) is 3. The summed E-state index contributed by atoms with van der Waals surface area (Å²) in [5, 5.41) is 0. The number of imidazole rings is 1. The zero-order valence-electron chi connectivity index (χ0n) is 11.8. The van der Waals surface area contributed by atoms with Crippen LogP contribution < -0.4 is 5.73 Å². The van der Waals surface area contributed by atoms with Crippen molar-refractivity contribution in [1.82, 2.24) is 14.5 Å². The maximum absolute atomic E-state index is 6.16. The quantitative estimate of drug-likeness (QED) is 0.797. The molecule has 0 amide bonds. The van der Waals surface area contributed by atoms with Crippen LogP contribution in [0.4, 0.5) is 5.95 Å². The largest absolute Gasteiger partial charge is 0.369 e. The van der Waals surface area contributed by atoms with Crippen LogP contribution in [0.15, 0.2) is 12.3 Å². The van der Waals surface area contributed by atoms with Gasteiger partial charge < -0.3 is 5.73 Å². The van der Waals surface area contributed by atoms with Gasteiger partial charge in [-0.2, -0.15) is 0 Å². The maximum Gasteiger partial charge on any atom is 0.202 e. The SMILES string of the molecule is Cc1cnc2c(c1)nc(N)n2C1CCCCCC1C. The van der Waals surface area contributed by atoms with Gasteiger partial charge in [0.2, 0.25) is 5.95 Å². The molecule has 0 bridgehead atoms. The number of nitrogens with two attached hydrogens (primary N) is 1. The fourth-order valence-electron chi connectivity index (χ4n) is 3.28. The fourth-order valence-corrected chi connectivity index (χ4v) is 3.28. The Bertz CT molecular complexity index is 587. The monoisotopic (exact) mass is 258 g/mol. The summed E-state index contributed by atoms with van der Waals surface area (Å²) in [7, 11) is 0. The number of hydrogen-bond donors (Lipinski definition) is 1. The zero-order valence-corrected chi connectivity index (χ0v) is 11.8.